The fourth-order valence-electron chi connectivity index (χ4n) is 3.03. The fraction of sp³-hybridized carbons (Fsp3) is 0.500. The molecule has 0 aromatic heterocycles. The van der Waals surface area contributed by atoms with Crippen LogP contribution < -0.4 is 5.73 Å². The van der Waals surface area contributed by atoms with Crippen LogP contribution in [0.3, 0.4) is 0 Å². The lowest BCUT2D eigenvalue weighted by Crippen LogP contribution is -2.68. The molecule has 2 saturated heterocycles. The van der Waals surface area contributed by atoms with Gasteiger partial charge in [-0.3, -0.25) is 14.5 Å². The first-order valence-electron chi connectivity index (χ1n) is 8.58. The standard InChI is InChI=1S/C14H14F3N3O4S.C2HF3O2/c15-14(16,17)5-19-2-1-6(10(19)21)3-7-4-25-12-8(18)11(22)20(12)9(7)13(23)24;3-2(4,5)1(6)7/h3,8,12H,1-2,4-5,18H2,(H,23,24);(H,6,7)/t8-,12-;/m1./s1. The van der Waals surface area contributed by atoms with Gasteiger partial charge in [-0.25, -0.2) is 9.59 Å². The summed E-state index contributed by atoms with van der Waals surface area (Å²) in [6.07, 6.45) is -8.19. The number of fused-ring (bicyclic) bond motifs is 1. The number of rotatable bonds is 3. The normalized spacial score (nSPS) is 24.8. The third kappa shape index (κ3) is 5.53. The number of nitrogens with zero attached hydrogens (tertiary/aromatic N) is 2. The van der Waals surface area contributed by atoms with Gasteiger partial charge in [0.15, 0.2) is 0 Å². The molecule has 0 radical (unpaired) electrons. The van der Waals surface area contributed by atoms with Crippen LogP contribution in [-0.4, -0.2) is 86.4 Å². The molecule has 3 aliphatic heterocycles. The van der Waals surface area contributed by atoms with E-state index in [1.54, 1.807) is 0 Å². The van der Waals surface area contributed by atoms with Gasteiger partial charge in [0.25, 0.3) is 0 Å². The van der Waals surface area contributed by atoms with E-state index in [4.69, 9.17) is 15.6 Å². The minimum Gasteiger partial charge on any atom is -0.477 e. The molecule has 16 heteroatoms. The van der Waals surface area contributed by atoms with Gasteiger partial charge in [0.2, 0.25) is 11.8 Å². The maximum atomic E-state index is 12.5. The number of carbonyl (C=O) groups excluding carboxylic acids is 2. The summed E-state index contributed by atoms with van der Waals surface area (Å²) in [4.78, 5) is 46.1. The Balaban J connectivity index is 0.000000451. The molecule has 2 amide bonds. The van der Waals surface area contributed by atoms with Gasteiger partial charge in [0, 0.05) is 17.9 Å². The highest BCUT2D eigenvalue weighted by atomic mass is 32.2. The van der Waals surface area contributed by atoms with Crippen LogP contribution in [0.5, 0.6) is 0 Å². The molecule has 0 aliphatic carbocycles. The number of β-lactam (4-membered cyclic amide) rings is 1. The van der Waals surface area contributed by atoms with Crippen LogP contribution in [0.15, 0.2) is 22.9 Å². The lowest BCUT2D eigenvalue weighted by molar-refractivity contribution is -0.192. The van der Waals surface area contributed by atoms with Gasteiger partial charge < -0.3 is 20.8 Å². The molecule has 178 valence electrons. The predicted octanol–water partition coefficient (Wildman–Crippen LogP) is 0.922. The molecule has 3 aliphatic rings. The second-order valence-corrected chi connectivity index (χ2v) is 7.78. The Labute approximate surface area is 179 Å². The summed E-state index contributed by atoms with van der Waals surface area (Å²) >= 11 is 1.26. The zero-order valence-electron chi connectivity index (χ0n) is 15.7. The van der Waals surface area contributed by atoms with Crippen LogP contribution in [0.2, 0.25) is 0 Å². The first kappa shape index (κ1) is 25.5. The lowest BCUT2D eigenvalue weighted by atomic mass is 10.0. The highest BCUT2D eigenvalue weighted by Crippen LogP contribution is 2.40. The van der Waals surface area contributed by atoms with Crippen molar-refractivity contribution in [1.82, 2.24) is 9.80 Å². The SMILES string of the molecule is N[C@@H]1C(=O)N2C(C(=O)O)=C(C=C3CCN(CC(F)(F)F)C3=O)CS[C@H]12.O=C(O)C(F)(F)F. The Bertz CT molecular complexity index is 900. The van der Waals surface area contributed by atoms with Crippen molar-refractivity contribution in [2.45, 2.75) is 30.2 Å². The molecular formula is C16H15F6N3O6S. The van der Waals surface area contributed by atoms with Crippen LogP contribution in [0.1, 0.15) is 6.42 Å². The Morgan fingerprint density at radius 1 is 1.16 bits per heavy atom. The summed E-state index contributed by atoms with van der Waals surface area (Å²) < 4.78 is 69.1. The molecule has 4 N–H and O–H groups in total. The van der Waals surface area contributed by atoms with Crippen molar-refractivity contribution in [3.63, 3.8) is 0 Å². The van der Waals surface area contributed by atoms with Crippen molar-refractivity contribution >= 4 is 35.5 Å². The van der Waals surface area contributed by atoms with Gasteiger partial charge in [-0.05, 0) is 18.1 Å². The van der Waals surface area contributed by atoms with E-state index >= 15 is 0 Å². The largest absolute Gasteiger partial charge is 0.490 e. The zero-order valence-corrected chi connectivity index (χ0v) is 16.6. The number of carboxylic acid groups (broad SMARTS) is 2. The maximum absolute atomic E-state index is 12.5. The third-order valence-electron chi connectivity index (χ3n) is 4.42. The predicted molar refractivity (Wildman–Crippen MR) is 94.8 cm³/mol. The minimum absolute atomic E-state index is 0.0802. The van der Waals surface area contributed by atoms with E-state index in [9.17, 15) is 45.8 Å². The van der Waals surface area contributed by atoms with E-state index < -0.39 is 54.1 Å². The molecule has 0 aromatic rings. The molecule has 3 rings (SSSR count). The quantitative estimate of drug-likeness (QED) is 0.301. The number of nitrogens with two attached hydrogens (primary N) is 1. The molecule has 0 aromatic carbocycles. The van der Waals surface area contributed by atoms with Crippen LogP contribution in [0, 0.1) is 0 Å². The van der Waals surface area contributed by atoms with Gasteiger partial charge in [-0.15, -0.1) is 11.8 Å². The molecule has 3 heterocycles. The van der Waals surface area contributed by atoms with Crippen molar-refractivity contribution in [3.8, 4) is 0 Å². The van der Waals surface area contributed by atoms with Gasteiger partial charge in [-0.1, -0.05) is 0 Å². The number of hydrogen-bond donors (Lipinski definition) is 3. The highest BCUT2D eigenvalue weighted by molar-refractivity contribution is 8.00. The Kier molecular flexibility index (Phi) is 7.18. The van der Waals surface area contributed by atoms with Crippen LogP contribution in [0.4, 0.5) is 26.3 Å². The maximum Gasteiger partial charge on any atom is 0.490 e. The van der Waals surface area contributed by atoms with Crippen molar-refractivity contribution in [2.75, 3.05) is 18.8 Å². The Morgan fingerprint density at radius 3 is 2.19 bits per heavy atom. The monoisotopic (exact) mass is 491 g/mol. The highest BCUT2D eigenvalue weighted by Gasteiger charge is 2.51. The average Bonchev–Trinajstić information content (AvgIpc) is 2.98. The van der Waals surface area contributed by atoms with Gasteiger partial charge in [0.05, 0.1) is 0 Å². The number of carbonyl (C=O) groups is 4. The summed E-state index contributed by atoms with van der Waals surface area (Å²) in [5.41, 5.74) is 5.71. The van der Waals surface area contributed by atoms with E-state index in [-0.39, 0.29) is 35.6 Å². The number of likely N-dealkylation sites (tertiary alicyclic amines) is 1. The molecule has 32 heavy (non-hydrogen) atoms. The smallest absolute Gasteiger partial charge is 0.477 e. The van der Waals surface area contributed by atoms with Crippen LogP contribution in [-0.2, 0) is 19.2 Å². The molecule has 0 spiro atoms. The van der Waals surface area contributed by atoms with Crippen LogP contribution >= 0.6 is 11.8 Å². The lowest BCUT2D eigenvalue weighted by Gasteiger charge is -2.47. The number of thioether (sulfide) groups is 1. The summed E-state index contributed by atoms with van der Waals surface area (Å²) in [6.45, 7) is -1.42. The number of alkyl halides is 6. The minimum atomic E-state index is -5.08. The van der Waals surface area contributed by atoms with E-state index in [1.807, 2.05) is 0 Å². The molecule has 2 fully saturated rings. The first-order chi connectivity index (χ1) is 14.5. The van der Waals surface area contributed by atoms with Crippen molar-refractivity contribution in [1.29, 1.82) is 0 Å². The van der Waals surface area contributed by atoms with Gasteiger partial charge in [-0.2, -0.15) is 26.3 Å². The number of allylic oxidation sites excluding steroid dienone is 1. The topological polar surface area (TPSA) is 141 Å². The van der Waals surface area contributed by atoms with E-state index in [2.05, 4.69) is 0 Å². The number of carboxylic acids is 2. The summed E-state index contributed by atoms with van der Waals surface area (Å²) in [5.74, 6) is -5.18. The molecule has 9 nitrogen and oxygen atoms in total. The van der Waals surface area contributed by atoms with E-state index in [0.717, 1.165) is 4.90 Å². The number of hydrogen-bond acceptors (Lipinski definition) is 6. The zero-order chi connectivity index (χ0) is 24.6. The number of aliphatic carboxylic acids is 2. The van der Waals surface area contributed by atoms with Crippen molar-refractivity contribution in [2.24, 2.45) is 5.73 Å². The summed E-state index contributed by atoms with van der Waals surface area (Å²) in [6, 6.07) is -0.774. The number of amides is 2. The molecule has 0 unspecified atom stereocenters. The third-order valence-corrected chi connectivity index (χ3v) is 5.74. The summed E-state index contributed by atoms with van der Waals surface area (Å²) in [5, 5.41) is 16.1. The average molecular weight is 491 g/mol. The van der Waals surface area contributed by atoms with Gasteiger partial charge >= 0.3 is 24.3 Å². The molecular weight excluding hydrogens is 476 g/mol. The summed E-state index contributed by atoms with van der Waals surface area (Å²) in [7, 11) is 0. The second kappa shape index (κ2) is 9.01. The number of halogens is 6. The fourth-order valence-corrected chi connectivity index (χ4v) is 4.28. The Morgan fingerprint density at radius 2 is 1.72 bits per heavy atom. The van der Waals surface area contributed by atoms with Gasteiger partial charge in [0.1, 0.15) is 23.7 Å². The van der Waals surface area contributed by atoms with E-state index in [1.165, 1.54) is 17.8 Å². The first-order valence-corrected chi connectivity index (χ1v) is 9.63. The molecule has 0 saturated carbocycles. The van der Waals surface area contributed by atoms with Crippen molar-refractivity contribution < 1.29 is 55.7 Å². The Hall–Kier alpha value is -2.75. The van der Waals surface area contributed by atoms with Crippen molar-refractivity contribution in [3.05, 3.63) is 22.9 Å². The van der Waals surface area contributed by atoms with Crippen LogP contribution in [0.25, 0.3) is 0 Å². The molecule has 0 bridgehead atoms. The second-order valence-electron chi connectivity index (χ2n) is 6.68. The molecule has 2 atom stereocenters. The van der Waals surface area contributed by atoms with E-state index in [0.29, 0.717) is 4.90 Å².